The number of hydrogen-bond donors (Lipinski definition) is 2. The first-order valence-electron chi connectivity index (χ1n) is 5.09. The zero-order valence-electron chi connectivity index (χ0n) is 9.78. The van der Waals surface area contributed by atoms with Gasteiger partial charge in [0.2, 0.25) is 0 Å². The Bertz CT molecular complexity index is 465. The number of pyridine rings is 1. The van der Waals surface area contributed by atoms with Gasteiger partial charge in [0, 0.05) is 5.69 Å². The van der Waals surface area contributed by atoms with Crippen LogP contribution in [0, 0.1) is 25.2 Å². The second-order valence-electron chi connectivity index (χ2n) is 3.51. The summed E-state index contributed by atoms with van der Waals surface area (Å²) in [5.74, 6) is 0.498. The molecule has 0 saturated heterocycles. The van der Waals surface area contributed by atoms with Crippen LogP contribution >= 0.6 is 0 Å². The molecular formula is C11H14N4O2. The smallest absolute Gasteiger partial charge is 0.404 e. The lowest BCUT2D eigenvalue weighted by Gasteiger charge is -2.09. The molecule has 1 aromatic rings. The van der Waals surface area contributed by atoms with Gasteiger partial charge in [0.15, 0.2) is 0 Å². The standard InChI is InChI=1S/C11H14N4O2/c1-7-5-8(2)15-10(9(7)6-12)14-3-4-17-11(13)16/h5H,3-4H2,1-2H3,(H2,13,16)(H,14,15). The van der Waals surface area contributed by atoms with Gasteiger partial charge in [-0.1, -0.05) is 0 Å². The number of carbonyl (C=O) groups excluding carboxylic acids is 1. The number of anilines is 1. The quantitative estimate of drug-likeness (QED) is 0.759. The van der Waals surface area contributed by atoms with Gasteiger partial charge in [-0.25, -0.2) is 9.78 Å². The number of nitrogens with one attached hydrogen (secondary N) is 1. The zero-order valence-corrected chi connectivity index (χ0v) is 9.78. The number of rotatable bonds is 4. The summed E-state index contributed by atoms with van der Waals surface area (Å²) >= 11 is 0. The topological polar surface area (TPSA) is 101 Å². The van der Waals surface area contributed by atoms with Crippen LogP contribution in [0.2, 0.25) is 0 Å². The van der Waals surface area contributed by atoms with Crippen LogP contribution in [0.3, 0.4) is 0 Å². The van der Waals surface area contributed by atoms with Crippen LogP contribution in [0.15, 0.2) is 6.07 Å². The summed E-state index contributed by atoms with van der Waals surface area (Å²) in [6.45, 7) is 4.18. The number of primary amides is 1. The van der Waals surface area contributed by atoms with Crippen LogP contribution in [-0.2, 0) is 4.74 Å². The number of amides is 1. The molecule has 6 heteroatoms. The molecule has 0 bridgehead atoms. The Hall–Kier alpha value is -2.29. The fraction of sp³-hybridized carbons (Fsp3) is 0.364. The van der Waals surface area contributed by atoms with Crippen LogP contribution in [-0.4, -0.2) is 24.2 Å². The lowest BCUT2D eigenvalue weighted by molar-refractivity contribution is 0.161. The minimum absolute atomic E-state index is 0.134. The van der Waals surface area contributed by atoms with Gasteiger partial charge in [-0.05, 0) is 25.5 Å². The summed E-state index contributed by atoms with van der Waals surface area (Å²) in [5, 5.41) is 11.9. The van der Waals surface area contributed by atoms with E-state index in [1.807, 2.05) is 19.9 Å². The van der Waals surface area contributed by atoms with E-state index in [4.69, 9.17) is 11.0 Å². The normalized spacial score (nSPS) is 9.47. The van der Waals surface area contributed by atoms with Crippen molar-refractivity contribution < 1.29 is 9.53 Å². The molecule has 0 radical (unpaired) electrons. The van der Waals surface area contributed by atoms with Gasteiger partial charge in [-0.2, -0.15) is 5.26 Å². The van der Waals surface area contributed by atoms with E-state index in [1.165, 1.54) is 0 Å². The highest BCUT2D eigenvalue weighted by atomic mass is 16.5. The van der Waals surface area contributed by atoms with E-state index in [0.29, 0.717) is 17.9 Å². The molecule has 0 fully saturated rings. The third-order valence-corrected chi connectivity index (χ3v) is 2.10. The number of nitriles is 1. The van der Waals surface area contributed by atoms with Gasteiger partial charge >= 0.3 is 6.09 Å². The first kappa shape index (κ1) is 12.8. The number of aromatic nitrogens is 1. The molecule has 0 aliphatic carbocycles. The number of aryl methyl sites for hydroxylation is 2. The highest BCUT2D eigenvalue weighted by Crippen LogP contribution is 2.16. The zero-order chi connectivity index (χ0) is 12.8. The van der Waals surface area contributed by atoms with Gasteiger partial charge in [0.05, 0.1) is 12.1 Å². The number of hydrogen-bond acceptors (Lipinski definition) is 5. The van der Waals surface area contributed by atoms with E-state index < -0.39 is 6.09 Å². The van der Waals surface area contributed by atoms with Crippen molar-refractivity contribution in [3.05, 3.63) is 22.9 Å². The molecule has 17 heavy (non-hydrogen) atoms. The summed E-state index contributed by atoms with van der Waals surface area (Å²) < 4.78 is 4.56. The highest BCUT2D eigenvalue weighted by Gasteiger charge is 2.07. The predicted molar refractivity (Wildman–Crippen MR) is 62.5 cm³/mol. The van der Waals surface area contributed by atoms with Crippen LogP contribution in [0.1, 0.15) is 16.8 Å². The molecule has 0 spiro atoms. The molecule has 1 aromatic heterocycles. The fourth-order valence-corrected chi connectivity index (χ4v) is 1.43. The van der Waals surface area contributed by atoms with Crippen LogP contribution < -0.4 is 11.1 Å². The monoisotopic (exact) mass is 234 g/mol. The molecule has 90 valence electrons. The van der Waals surface area contributed by atoms with E-state index in [0.717, 1.165) is 11.3 Å². The van der Waals surface area contributed by atoms with Crippen LogP contribution in [0.25, 0.3) is 0 Å². The predicted octanol–water partition coefficient (Wildman–Crippen LogP) is 1.08. The number of nitrogens with two attached hydrogens (primary N) is 1. The minimum atomic E-state index is -0.819. The number of nitrogens with zero attached hydrogens (tertiary/aromatic N) is 2. The van der Waals surface area contributed by atoms with Gasteiger partial charge in [-0.3, -0.25) is 0 Å². The summed E-state index contributed by atoms with van der Waals surface area (Å²) in [6, 6.07) is 3.92. The van der Waals surface area contributed by atoms with Crippen molar-refractivity contribution in [1.29, 1.82) is 5.26 Å². The average molecular weight is 234 g/mol. The molecule has 1 heterocycles. The van der Waals surface area contributed by atoms with Crippen molar-refractivity contribution in [2.45, 2.75) is 13.8 Å². The third kappa shape index (κ3) is 3.65. The van der Waals surface area contributed by atoms with Crippen LogP contribution in [0.5, 0.6) is 0 Å². The van der Waals surface area contributed by atoms with E-state index in [-0.39, 0.29) is 6.61 Å². The maximum absolute atomic E-state index is 10.3. The molecule has 1 rings (SSSR count). The summed E-state index contributed by atoms with van der Waals surface area (Å²) in [6.07, 6.45) is -0.819. The van der Waals surface area contributed by atoms with Gasteiger partial charge in [-0.15, -0.1) is 0 Å². The van der Waals surface area contributed by atoms with Crippen molar-refractivity contribution in [1.82, 2.24) is 4.98 Å². The van der Waals surface area contributed by atoms with E-state index >= 15 is 0 Å². The highest BCUT2D eigenvalue weighted by molar-refractivity contribution is 5.64. The fourth-order valence-electron chi connectivity index (χ4n) is 1.43. The minimum Gasteiger partial charge on any atom is -0.448 e. The molecule has 1 amide bonds. The summed E-state index contributed by atoms with van der Waals surface area (Å²) in [4.78, 5) is 14.6. The Morgan fingerprint density at radius 2 is 2.35 bits per heavy atom. The second kappa shape index (κ2) is 5.70. The average Bonchev–Trinajstić information content (AvgIpc) is 2.23. The molecule has 0 aliphatic rings. The second-order valence-corrected chi connectivity index (χ2v) is 3.51. The first-order valence-corrected chi connectivity index (χ1v) is 5.09. The lowest BCUT2D eigenvalue weighted by Crippen LogP contribution is -2.19. The molecule has 0 saturated carbocycles. The Morgan fingerprint density at radius 1 is 1.65 bits per heavy atom. The maximum Gasteiger partial charge on any atom is 0.404 e. The van der Waals surface area contributed by atoms with Gasteiger partial charge < -0.3 is 15.8 Å². The van der Waals surface area contributed by atoms with Crippen LogP contribution in [0.4, 0.5) is 10.6 Å². The SMILES string of the molecule is Cc1cc(C)c(C#N)c(NCCOC(N)=O)n1. The Kier molecular flexibility index (Phi) is 4.29. The molecule has 3 N–H and O–H groups in total. The van der Waals surface area contributed by atoms with Crippen molar-refractivity contribution in [3.63, 3.8) is 0 Å². The number of ether oxygens (including phenoxy) is 1. The Morgan fingerprint density at radius 3 is 2.94 bits per heavy atom. The van der Waals surface area contributed by atoms with Crippen molar-refractivity contribution in [2.24, 2.45) is 5.73 Å². The molecule has 0 atom stereocenters. The van der Waals surface area contributed by atoms with Gasteiger partial charge in [0.25, 0.3) is 0 Å². The molecule has 6 nitrogen and oxygen atoms in total. The molecule has 0 unspecified atom stereocenters. The Labute approximate surface area is 99.4 Å². The van der Waals surface area contributed by atoms with E-state index in [2.05, 4.69) is 21.1 Å². The van der Waals surface area contributed by atoms with Gasteiger partial charge in [0.1, 0.15) is 18.5 Å². The molecular weight excluding hydrogens is 220 g/mol. The first-order chi connectivity index (χ1) is 8.04. The lowest BCUT2D eigenvalue weighted by atomic mass is 10.1. The van der Waals surface area contributed by atoms with E-state index in [9.17, 15) is 4.79 Å². The molecule has 0 aliphatic heterocycles. The summed E-state index contributed by atoms with van der Waals surface area (Å²) in [7, 11) is 0. The van der Waals surface area contributed by atoms with Crippen molar-refractivity contribution in [2.75, 3.05) is 18.5 Å². The number of carbonyl (C=O) groups is 1. The van der Waals surface area contributed by atoms with E-state index in [1.54, 1.807) is 0 Å². The van der Waals surface area contributed by atoms with Crippen molar-refractivity contribution >= 4 is 11.9 Å². The van der Waals surface area contributed by atoms with Crippen molar-refractivity contribution in [3.8, 4) is 6.07 Å². The maximum atomic E-state index is 10.3. The third-order valence-electron chi connectivity index (χ3n) is 2.10. The molecule has 0 aromatic carbocycles. The summed E-state index contributed by atoms with van der Waals surface area (Å²) in [5.41, 5.74) is 6.99. The Balaban J connectivity index is 2.70. The largest absolute Gasteiger partial charge is 0.448 e.